The molecule has 1 aliphatic rings. The molecule has 0 unspecified atom stereocenters. The first-order valence-electron chi connectivity index (χ1n) is 5.05. The molecule has 0 aromatic heterocycles. The van der Waals surface area contributed by atoms with Gasteiger partial charge in [-0.2, -0.15) is 0 Å². The number of hydrogen-bond donors (Lipinski definition) is 0. The Kier molecular flexibility index (Phi) is 2.79. The van der Waals surface area contributed by atoms with Gasteiger partial charge in [0.2, 0.25) is 0 Å². The average Bonchev–Trinajstić information content (AvgIpc) is 2.21. The van der Waals surface area contributed by atoms with Crippen LogP contribution in [0.5, 0.6) is 0 Å². The van der Waals surface area contributed by atoms with Crippen molar-refractivity contribution in [3.8, 4) is 0 Å². The van der Waals surface area contributed by atoms with E-state index in [4.69, 9.17) is 0 Å². The molecule has 4 heteroatoms. The number of hydrogen-bond acceptors (Lipinski definition) is 4. The monoisotopic (exact) mass is 225 g/mol. The molecule has 16 heavy (non-hydrogen) atoms. The molecule has 1 rings (SSSR count). The van der Waals surface area contributed by atoms with Crippen LogP contribution in [0.1, 0.15) is 27.7 Å². The maximum Gasteiger partial charge on any atom is 0.334 e. The van der Waals surface area contributed by atoms with Crippen LogP contribution in [0.4, 0.5) is 0 Å². The standard InChI is InChI=1S/C12H16O4/c1-11(2)7(9(14)16-5)6-8(13)12(3,4)10(11)15/h6H,1-5H3/i8+1. The van der Waals surface area contributed by atoms with Gasteiger partial charge in [0, 0.05) is 0 Å². The normalized spacial score (nSPS) is 22.7. The Hall–Kier alpha value is -1.45. The van der Waals surface area contributed by atoms with Crippen molar-refractivity contribution in [3.05, 3.63) is 11.6 Å². The van der Waals surface area contributed by atoms with Crippen molar-refractivity contribution in [2.75, 3.05) is 7.11 Å². The molecule has 0 atom stereocenters. The Morgan fingerprint density at radius 3 is 2.06 bits per heavy atom. The highest BCUT2D eigenvalue weighted by Crippen LogP contribution is 2.41. The summed E-state index contributed by atoms with van der Waals surface area (Å²) in [5.41, 5.74) is -1.92. The van der Waals surface area contributed by atoms with Crippen molar-refractivity contribution < 1.29 is 19.1 Å². The van der Waals surface area contributed by atoms with Crippen LogP contribution in [-0.4, -0.2) is 24.6 Å². The largest absolute Gasteiger partial charge is 0.466 e. The van der Waals surface area contributed by atoms with Gasteiger partial charge in [-0.05, 0) is 33.8 Å². The van der Waals surface area contributed by atoms with E-state index in [0.29, 0.717) is 0 Å². The number of allylic oxidation sites excluding steroid dienone is 1. The van der Waals surface area contributed by atoms with E-state index < -0.39 is 16.8 Å². The smallest absolute Gasteiger partial charge is 0.334 e. The van der Waals surface area contributed by atoms with Crippen molar-refractivity contribution in [1.29, 1.82) is 0 Å². The minimum atomic E-state index is -1.07. The summed E-state index contributed by atoms with van der Waals surface area (Å²) >= 11 is 0. The average molecular weight is 225 g/mol. The van der Waals surface area contributed by atoms with E-state index in [0.717, 1.165) is 0 Å². The maximum atomic E-state index is 12.1. The fraction of sp³-hybridized carbons (Fsp3) is 0.583. The van der Waals surface area contributed by atoms with Gasteiger partial charge in [-0.3, -0.25) is 9.59 Å². The Bertz CT molecular complexity index is 399. The van der Waals surface area contributed by atoms with Gasteiger partial charge < -0.3 is 4.74 Å². The van der Waals surface area contributed by atoms with Crippen molar-refractivity contribution in [1.82, 2.24) is 0 Å². The van der Waals surface area contributed by atoms with E-state index in [2.05, 4.69) is 4.74 Å². The maximum absolute atomic E-state index is 12.1. The zero-order valence-corrected chi connectivity index (χ0v) is 10.2. The van der Waals surface area contributed by atoms with Crippen LogP contribution < -0.4 is 0 Å². The molecule has 0 bridgehead atoms. The van der Waals surface area contributed by atoms with Gasteiger partial charge in [-0.1, -0.05) is 0 Å². The Morgan fingerprint density at radius 1 is 1.12 bits per heavy atom. The number of carbonyl (C=O) groups is 3. The molecule has 4 nitrogen and oxygen atoms in total. The van der Waals surface area contributed by atoms with E-state index in [-0.39, 0.29) is 17.1 Å². The van der Waals surface area contributed by atoms with Crippen LogP contribution in [0, 0.1) is 10.8 Å². The molecule has 0 radical (unpaired) electrons. The number of esters is 1. The molecule has 0 fully saturated rings. The lowest BCUT2D eigenvalue weighted by Gasteiger charge is -2.36. The van der Waals surface area contributed by atoms with Crippen LogP contribution in [0.2, 0.25) is 0 Å². The van der Waals surface area contributed by atoms with Crippen molar-refractivity contribution in [3.63, 3.8) is 0 Å². The molecule has 1 aliphatic carbocycles. The number of rotatable bonds is 1. The highest BCUT2D eigenvalue weighted by molar-refractivity contribution is 6.21. The van der Waals surface area contributed by atoms with Crippen molar-refractivity contribution >= 4 is 17.5 Å². The third-order valence-corrected chi connectivity index (χ3v) is 3.11. The summed E-state index contributed by atoms with van der Waals surface area (Å²) in [6, 6.07) is 0. The fourth-order valence-electron chi connectivity index (χ4n) is 1.93. The summed E-state index contributed by atoms with van der Waals surface area (Å²) in [6.45, 7) is 6.41. The molecule has 0 amide bonds. The quantitative estimate of drug-likeness (QED) is 0.383. The molecule has 0 spiro atoms. The molecule has 0 aromatic carbocycles. The fourth-order valence-corrected chi connectivity index (χ4v) is 1.93. The third kappa shape index (κ3) is 1.58. The number of Topliss-reactive ketones (excluding diaryl/α,β-unsaturated/α-hetero) is 1. The Morgan fingerprint density at radius 2 is 1.62 bits per heavy atom. The number of carbonyl (C=O) groups excluding carboxylic acids is 3. The third-order valence-electron chi connectivity index (χ3n) is 3.11. The molecule has 0 saturated heterocycles. The highest BCUT2D eigenvalue weighted by atomic mass is 16.5. The first kappa shape index (κ1) is 12.6. The molecule has 0 aromatic rings. The van der Waals surface area contributed by atoms with Crippen LogP contribution in [0.25, 0.3) is 0 Å². The molecule has 88 valence electrons. The van der Waals surface area contributed by atoms with Gasteiger partial charge in [0.05, 0.1) is 23.5 Å². The predicted octanol–water partition coefficient (Wildman–Crippen LogP) is 1.29. The molecular formula is C12H16O4. The van der Waals surface area contributed by atoms with Crippen molar-refractivity contribution in [2.24, 2.45) is 10.8 Å². The highest BCUT2D eigenvalue weighted by Gasteiger charge is 2.51. The lowest BCUT2D eigenvalue weighted by molar-refractivity contribution is -0.147. The SMILES string of the molecule is COC(=O)C1=C[13C](=O)C(C)(C)C(=O)C1(C)C. The number of ketones is 2. The zero-order chi connectivity index (χ0) is 12.7. The second-order valence-electron chi connectivity index (χ2n) is 4.99. The van der Waals surface area contributed by atoms with E-state index in [1.807, 2.05) is 0 Å². The lowest BCUT2D eigenvalue weighted by Crippen LogP contribution is -2.48. The van der Waals surface area contributed by atoms with Gasteiger partial charge in [-0.25, -0.2) is 4.79 Å². The topological polar surface area (TPSA) is 60.4 Å². The Labute approximate surface area is 94.7 Å². The van der Waals surface area contributed by atoms with Gasteiger partial charge in [-0.15, -0.1) is 0 Å². The molecule has 0 N–H and O–H groups in total. The van der Waals surface area contributed by atoms with Crippen LogP contribution in [0.15, 0.2) is 11.6 Å². The van der Waals surface area contributed by atoms with E-state index in [1.165, 1.54) is 13.2 Å². The summed E-state index contributed by atoms with van der Waals surface area (Å²) in [5.74, 6) is -1.23. The summed E-state index contributed by atoms with van der Waals surface area (Å²) < 4.78 is 4.58. The first-order valence-corrected chi connectivity index (χ1v) is 5.05. The summed E-state index contributed by atoms with van der Waals surface area (Å²) in [4.78, 5) is 35.4. The molecule has 0 aliphatic heterocycles. The zero-order valence-electron chi connectivity index (χ0n) is 10.2. The molecular weight excluding hydrogens is 209 g/mol. The summed E-state index contributed by atoms with van der Waals surface area (Å²) in [5, 5.41) is 0. The number of methoxy groups -OCH3 is 1. The van der Waals surface area contributed by atoms with Gasteiger partial charge >= 0.3 is 5.97 Å². The van der Waals surface area contributed by atoms with E-state index >= 15 is 0 Å². The van der Waals surface area contributed by atoms with Gasteiger partial charge in [0.1, 0.15) is 0 Å². The van der Waals surface area contributed by atoms with Crippen LogP contribution in [0.3, 0.4) is 0 Å². The van der Waals surface area contributed by atoms with E-state index in [9.17, 15) is 14.4 Å². The second-order valence-corrected chi connectivity index (χ2v) is 4.99. The molecule has 0 heterocycles. The minimum absolute atomic E-state index is 0.129. The van der Waals surface area contributed by atoms with Gasteiger partial charge in [0.15, 0.2) is 11.6 Å². The predicted molar refractivity (Wildman–Crippen MR) is 57.7 cm³/mol. The summed E-state index contributed by atoms with van der Waals surface area (Å²) in [7, 11) is 1.23. The van der Waals surface area contributed by atoms with E-state index in [1.54, 1.807) is 27.7 Å². The Balaban J connectivity index is 3.37. The molecule has 0 saturated carbocycles. The van der Waals surface area contributed by atoms with Gasteiger partial charge in [0.25, 0.3) is 0 Å². The number of ether oxygens (including phenoxy) is 1. The van der Waals surface area contributed by atoms with Crippen LogP contribution in [-0.2, 0) is 19.1 Å². The summed E-state index contributed by atoms with van der Waals surface area (Å²) in [6.07, 6.45) is 1.23. The minimum Gasteiger partial charge on any atom is -0.466 e. The lowest BCUT2D eigenvalue weighted by atomic mass is 9.69. The first-order chi connectivity index (χ1) is 7.15. The van der Waals surface area contributed by atoms with Crippen molar-refractivity contribution in [2.45, 2.75) is 27.7 Å². The second kappa shape index (κ2) is 3.54. The van der Waals surface area contributed by atoms with Crippen LogP contribution >= 0.6 is 0 Å².